The molecule has 0 saturated carbocycles. The average molecular weight is 464 g/mol. The van der Waals surface area contributed by atoms with Crippen LogP contribution in [0.3, 0.4) is 0 Å². The van der Waals surface area contributed by atoms with E-state index in [2.05, 4.69) is 4.98 Å². The van der Waals surface area contributed by atoms with Gasteiger partial charge in [-0.1, -0.05) is 35.3 Å². The van der Waals surface area contributed by atoms with Gasteiger partial charge in [0, 0.05) is 26.3 Å². The van der Waals surface area contributed by atoms with E-state index in [0.717, 1.165) is 23.4 Å². The van der Waals surface area contributed by atoms with Gasteiger partial charge in [-0.25, -0.2) is 9.37 Å². The Balaban J connectivity index is 1.55. The van der Waals surface area contributed by atoms with E-state index in [1.54, 1.807) is 11.3 Å². The Morgan fingerprint density at radius 2 is 1.90 bits per heavy atom. The summed E-state index contributed by atoms with van der Waals surface area (Å²) >= 11 is 14.2. The van der Waals surface area contributed by atoms with Crippen molar-refractivity contribution in [2.24, 2.45) is 0 Å². The highest BCUT2D eigenvalue weighted by Gasteiger charge is 2.29. The zero-order chi connectivity index (χ0) is 21.3. The third-order valence-corrected chi connectivity index (χ3v) is 7.16. The number of piperidine rings is 1. The maximum absolute atomic E-state index is 13.4. The van der Waals surface area contributed by atoms with Crippen LogP contribution in [0, 0.1) is 5.82 Å². The minimum Gasteiger partial charge on any atom is -0.338 e. The van der Waals surface area contributed by atoms with Crippen LogP contribution in [0.4, 0.5) is 15.1 Å². The van der Waals surface area contributed by atoms with E-state index >= 15 is 0 Å². The first kappa shape index (κ1) is 21.1. The van der Waals surface area contributed by atoms with Gasteiger partial charge in [-0.15, -0.1) is 11.3 Å². The number of hydrogen-bond donors (Lipinski definition) is 0. The molecule has 0 N–H and O–H groups in total. The maximum atomic E-state index is 13.4. The molecule has 0 bridgehead atoms. The summed E-state index contributed by atoms with van der Waals surface area (Å²) in [6, 6.07) is 10.5. The monoisotopic (exact) mass is 463 g/mol. The SMILES string of the molecule is CN(c1cccs1)c1c(C(=O)N2CCC(c3ccc(F)cc3)CC2)cnc(Cl)c1Cl. The Hall–Kier alpha value is -2.15. The number of likely N-dealkylation sites (tertiary alicyclic amines) is 1. The number of amides is 1. The summed E-state index contributed by atoms with van der Waals surface area (Å²) in [5.74, 6) is -0.0345. The lowest BCUT2D eigenvalue weighted by Gasteiger charge is -2.33. The van der Waals surface area contributed by atoms with Gasteiger partial charge < -0.3 is 9.80 Å². The van der Waals surface area contributed by atoms with Gasteiger partial charge in [0.25, 0.3) is 5.91 Å². The topological polar surface area (TPSA) is 36.4 Å². The molecule has 4 nitrogen and oxygen atoms in total. The number of pyridine rings is 1. The Labute approximate surface area is 188 Å². The first-order valence-corrected chi connectivity index (χ1v) is 11.2. The van der Waals surface area contributed by atoms with Gasteiger partial charge >= 0.3 is 0 Å². The van der Waals surface area contributed by atoms with E-state index in [4.69, 9.17) is 23.2 Å². The minimum atomic E-state index is -0.235. The summed E-state index contributed by atoms with van der Waals surface area (Å²) in [5.41, 5.74) is 2.10. The number of nitrogens with zero attached hydrogens (tertiary/aromatic N) is 3. The number of rotatable bonds is 4. The fourth-order valence-corrected chi connectivity index (χ4v) is 4.95. The summed E-state index contributed by atoms with van der Waals surface area (Å²) in [6.45, 7) is 1.23. The lowest BCUT2D eigenvalue weighted by atomic mass is 9.89. The van der Waals surface area contributed by atoms with Crippen molar-refractivity contribution < 1.29 is 9.18 Å². The maximum Gasteiger partial charge on any atom is 0.257 e. The molecule has 0 aliphatic carbocycles. The van der Waals surface area contributed by atoms with E-state index in [1.807, 2.05) is 46.5 Å². The van der Waals surface area contributed by atoms with Crippen molar-refractivity contribution in [1.82, 2.24) is 9.88 Å². The average Bonchev–Trinajstić information content (AvgIpc) is 3.30. The van der Waals surface area contributed by atoms with Gasteiger partial charge in [0.15, 0.2) is 0 Å². The zero-order valence-corrected chi connectivity index (χ0v) is 18.6. The molecule has 4 rings (SSSR count). The van der Waals surface area contributed by atoms with Crippen LogP contribution < -0.4 is 4.90 Å². The van der Waals surface area contributed by atoms with Crippen LogP contribution in [0.25, 0.3) is 0 Å². The number of anilines is 2. The van der Waals surface area contributed by atoms with Crippen molar-refractivity contribution >= 4 is 51.1 Å². The van der Waals surface area contributed by atoms with Crippen molar-refractivity contribution in [3.8, 4) is 0 Å². The Bertz CT molecular complexity index is 1040. The summed E-state index contributed by atoms with van der Waals surface area (Å²) < 4.78 is 13.2. The lowest BCUT2D eigenvalue weighted by Crippen LogP contribution is -2.38. The van der Waals surface area contributed by atoms with Gasteiger partial charge in [0.2, 0.25) is 0 Å². The van der Waals surface area contributed by atoms with Crippen molar-refractivity contribution in [2.45, 2.75) is 18.8 Å². The van der Waals surface area contributed by atoms with Crippen molar-refractivity contribution in [2.75, 3.05) is 25.0 Å². The van der Waals surface area contributed by atoms with E-state index in [1.165, 1.54) is 18.3 Å². The first-order valence-electron chi connectivity index (χ1n) is 9.61. The van der Waals surface area contributed by atoms with Crippen LogP contribution in [-0.4, -0.2) is 35.9 Å². The summed E-state index contributed by atoms with van der Waals surface area (Å²) in [6.07, 6.45) is 3.15. The molecule has 1 aliphatic heterocycles. The third kappa shape index (κ3) is 4.17. The second-order valence-electron chi connectivity index (χ2n) is 7.25. The second kappa shape index (κ2) is 8.92. The van der Waals surface area contributed by atoms with Crippen molar-refractivity contribution in [3.05, 3.63) is 75.1 Å². The molecule has 0 atom stereocenters. The van der Waals surface area contributed by atoms with Crippen LogP contribution in [0.1, 0.15) is 34.7 Å². The van der Waals surface area contributed by atoms with Crippen LogP contribution >= 0.6 is 34.5 Å². The number of carbonyl (C=O) groups is 1. The molecule has 1 fully saturated rings. The molecular formula is C22H20Cl2FN3OS. The highest BCUT2D eigenvalue weighted by Crippen LogP contribution is 2.40. The van der Waals surface area contributed by atoms with E-state index < -0.39 is 0 Å². The molecule has 0 radical (unpaired) electrons. The molecule has 1 amide bonds. The number of carbonyl (C=O) groups excluding carboxylic acids is 1. The Kier molecular flexibility index (Phi) is 6.27. The molecule has 3 aromatic rings. The molecule has 1 aromatic carbocycles. The molecule has 0 unspecified atom stereocenters. The predicted molar refractivity (Wildman–Crippen MR) is 121 cm³/mol. The van der Waals surface area contributed by atoms with Crippen LogP contribution in [0.5, 0.6) is 0 Å². The summed E-state index contributed by atoms with van der Waals surface area (Å²) in [7, 11) is 1.86. The van der Waals surface area contributed by atoms with E-state index in [0.29, 0.717) is 30.3 Å². The van der Waals surface area contributed by atoms with Gasteiger partial charge in [0.1, 0.15) is 16.0 Å². The highest BCUT2D eigenvalue weighted by molar-refractivity contribution is 7.14. The Morgan fingerprint density at radius 1 is 1.20 bits per heavy atom. The van der Waals surface area contributed by atoms with Gasteiger partial charge in [-0.05, 0) is 54.0 Å². The quantitative estimate of drug-likeness (QED) is 0.421. The normalized spacial score (nSPS) is 14.7. The molecule has 156 valence electrons. The first-order chi connectivity index (χ1) is 14.5. The van der Waals surface area contributed by atoms with Crippen LogP contribution in [0.15, 0.2) is 48.0 Å². The van der Waals surface area contributed by atoms with E-state index in [-0.39, 0.29) is 21.9 Å². The van der Waals surface area contributed by atoms with Crippen molar-refractivity contribution in [3.63, 3.8) is 0 Å². The zero-order valence-electron chi connectivity index (χ0n) is 16.3. The molecule has 8 heteroatoms. The lowest BCUT2D eigenvalue weighted by molar-refractivity contribution is 0.0713. The third-order valence-electron chi connectivity index (χ3n) is 5.48. The Morgan fingerprint density at radius 3 is 2.53 bits per heavy atom. The minimum absolute atomic E-state index is 0.114. The van der Waals surface area contributed by atoms with Gasteiger partial charge in [-0.3, -0.25) is 4.79 Å². The molecule has 1 aliphatic rings. The molecular weight excluding hydrogens is 444 g/mol. The highest BCUT2D eigenvalue weighted by atomic mass is 35.5. The van der Waals surface area contributed by atoms with Crippen molar-refractivity contribution in [1.29, 1.82) is 0 Å². The number of aromatic nitrogens is 1. The van der Waals surface area contributed by atoms with E-state index in [9.17, 15) is 9.18 Å². The van der Waals surface area contributed by atoms with Gasteiger partial charge in [0.05, 0.1) is 16.3 Å². The molecule has 30 heavy (non-hydrogen) atoms. The molecule has 3 heterocycles. The largest absolute Gasteiger partial charge is 0.338 e. The smallest absolute Gasteiger partial charge is 0.257 e. The predicted octanol–water partition coefficient (Wildman–Crippen LogP) is 6.38. The molecule has 1 saturated heterocycles. The fraction of sp³-hybridized carbons (Fsp3) is 0.273. The number of halogens is 3. The molecule has 0 spiro atoms. The number of hydrogen-bond acceptors (Lipinski definition) is 4. The fourth-order valence-electron chi connectivity index (χ4n) is 3.83. The number of thiophene rings is 1. The van der Waals surface area contributed by atoms with Gasteiger partial charge in [-0.2, -0.15) is 0 Å². The summed E-state index contributed by atoms with van der Waals surface area (Å²) in [4.78, 5) is 21.2. The molecule has 2 aromatic heterocycles. The van der Waals surface area contributed by atoms with Crippen LogP contribution in [0.2, 0.25) is 10.2 Å². The second-order valence-corrected chi connectivity index (χ2v) is 8.92. The van der Waals surface area contributed by atoms with Crippen LogP contribution in [-0.2, 0) is 0 Å². The standard InChI is InChI=1S/C22H20Cl2FN3OS/c1-27(18-3-2-12-30-18)20-17(13-26-21(24)19(20)23)22(29)28-10-8-15(9-11-28)14-4-6-16(25)7-5-14/h2-7,12-13,15H,8-11H2,1H3. The number of benzene rings is 1. The summed E-state index contributed by atoms with van der Waals surface area (Å²) in [5, 5.41) is 3.34.